The van der Waals surface area contributed by atoms with E-state index in [4.69, 9.17) is 0 Å². The molecule has 4 atom stereocenters. The van der Waals surface area contributed by atoms with Crippen LogP contribution in [0.5, 0.6) is 0 Å². The van der Waals surface area contributed by atoms with Gasteiger partial charge in [-0.25, -0.2) is 0 Å². The van der Waals surface area contributed by atoms with E-state index in [9.17, 15) is 0 Å². The van der Waals surface area contributed by atoms with E-state index in [0.717, 1.165) is 17.8 Å². The Balaban J connectivity index is 2.01. The molecule has 0 amide bonds. The largest absolute Gasteiger partial charge is 0.0999 e. The third-order valence-corrected chi connectivity index (χ3v) is 6.87. The van der Waals surface area contributed by atoms with Crippen molar-refractivity contribution in [3.05, 3.63) is 0 Å². The van der Waals surface area contributed by atoms with Gasteiger partial charge in [0.05, 0.1) is 15.7 Å². The molecule has 0 aromatic heterocycles. The molecule has 102 valence electrons. The van der Waals surface area contributed by atoms with Crippen LogP contribution in [0, 0.1) is 23.2 Å². The van der Waals surface area contributed by atoms with E-state index < -0.39 is 0 Å². The van der Waals surface area contributed by atoms with Crippen molar-refractivity contribution in [3.8, 4) is 0 Å². The van der Waals surface area contributed by atoms with Crippen LogP contribution in [0.2, 0.25) is 5.21 Å². The van der Waals surface area contributed by atoms with E-state index in [1.54, 1.807) is 25.7 Å². The van der Waals surface area contributed by atoms with E-state index in [1.165, 1.54) is 25.7 Å². The predicted octanol–water partition coefficient (Wildman–Crippen LogP) is 3.41. The molecule has 0 aromatic carbocycles. The Hall–Kier alpha value is 0.130. The van der Waals surface area contributed by atoms with Crippen LogP contribution in [-0.4, -0.2) is 15.7 Å². The van der Waals surface area contributed by atoms with Gasteiger partial charge in [0.2, 0.25) is 0 Å². The molecule has 2 heteroatoms. The van der Waals surface area contributed by atoms with Gasteiger partial charge in [-0.05, 0) is 48.9 Å². The molecule has 2 aliphatic rings. The molecule has 2 aliphatic carbocycles. The molecular weight excluding hydrogens is 214 g/mol. The number of rotatable bonds is 6. The fourth-order valence-electron chi connectivity index (χ4n) is 5.07. The number of hydrogen-bond donors (Lipinski definition) is 0. The lowest BCUT2D eigenvalue weighted by Gasteiger charge is -2.47. The zero-order valence-electron chi connectivity index (χ0n) is 13.4. The summed E-state index contributed by atoms with van der Waals surface area (Å²) < 4.78 is 0. The summed E-state index contributed by atoms with van der Waals surface area (Å²) in [4.78, 5) is 0. The maximum absolute atomic E-state index is 2.55. The maximum atomic E-state index is 2.55. The van der Waals surface area contributed by atoms with E-state index >= 15 is 0 Å². The number of fused-ring (bicyclic) bond motifs is 2. The molecule has 2 bridgehead atoms. The highest BCUT2D eigenvalue weighted by atomic mass is 14.5. The van der Waals surface area contributed by atoms with Gasteiger partial charge in [0.25, 0.3) is 0 Å². The van der Waals surface area contributed by atoms with E-state index in [2.05, 4.69) is 36.5 Å². The lowest BCUT2D eigenvalue weighted by atomic mass is 9.38. The molecule has 0 spiro atoms. The summed E-state index contributed by atoms with van der Waals surface area (Å²) >= 11 is 0. The molecule has 0 saturated heterocycles. The van der Waals surface area contributed by atoms with Gasteiger partial charge in [-0.3, -0.25) is 0 Å². The molecule has 18 heavy (non-hydrogen) atoms. The summed E-state index contributed by atoms with van der Waals surface area (Å²) in [7, 11) is 5.11. The zero-order valence-corrected chi connectivity index (χ0v) is 13.4. The number of hydrogen-bond acceptors (Lipinski definition) is 0. The van der Waals surface area contributed by atoms with Crippen LogP contribution in [0.3, 0.4) is 0 Å². The van der Waals surface area contributed by atoms with Crippen LogP contribution in [0.4, 0.5) is 0 Å². The zero-order chi connectivity index (χ0) is 13.4. The first kappa shape index (κ1) is 14.5. The third kappa shape index (κ3) is 2.54. The predicted molar refractivity (Wildman–Crippen MR) is 86.6 cm³/mol. The van der Waals surface area contributed by atoms with E-state index in [0.29, 0.717) is 10.6 Å². The molecular formula is C16H32B2. The Bertz CT molecular complexity index is 287. The average Bonchev–Trinajstić information content (AvgIpc) is 2.90. The fraction of sp³-hybridized carbons (Fsp3) is 1.00. The Morgan fingerprint density at radius 2 is 1.83 bits per heavy atom. The minimum absolute atomic E-state index is 0.521. The van der Waals surface area contributed by atoms with Crippen molar-refractivity contribution < 1.29 is 0 Å². The highest BCUT2D eigenvalue weighted by Crippen LogP contribution is 2.57. The molecule has 2 fully saturated rings. The quantitative estimate of drug-likeness (QED) is 0.630. The summed E-state index contributed by atoms with van der Waals surface area (Å²) in [5, 5.41) is 0.521. The van der Waals surface area contributed by atoms with Crippen molar-refractivity contribution in [1.29, 1.82) is 0 Å². The van der Waals surface area contributed by atoms with Gasteiger partial charge >= 0.3 is 0 Å². The Morgan fingerprint density at radius 1 is 1.11 bits per heavy atom. The Kier molecular flexibility index (Phi) is 4.24. The average molecular weight is 246 g/mol. The first-order chi connectivity index (χ1) is 8.42. The molecule has 0 nitrogen and oxygen atoms in total. The third-order valence-electron chi connectivity index (χ3n) is 6.87. The summed E-state index contributed by atoms with van der Waals surface area (Å²) in [6.45, 7) is 7.30. The van der Waals surface area contributed by atoms with E-state index in [-0.39, 0.29) is 0 Å². The normalized spacial score (nSPS) is 34.7. The molecule has 2 rings (SSSR count). The van der Waals surface area contributed by atoms with Crippen LogP contribution in [0.15, 0.2) is 0 Å². The van der Waals surface area contributed by atoms with E-state index in [1.807, 2.05) is 0 Å². The topological polar surface area (TPSA) is 0 Å². The smallest absolute Gasteiger partial charge is 0.0791 e. The molecule has 0 N–H and O–H groups in total. The molecule has 4 unspecified atom stereocenters. The maximum Gasteiger partial charge on any atom is 0.0999 e. The van der Waals surface area contributed by atoms with Crippen molar-refractivity contribution in [2.24, 2.45) is 23.2 Å². The van der Waals surface area contributed by atoms with Gasteiger partial charge in [-0.2, -0.15) is 0 Å². The standard InChI is InChI=1S/C16H32B2/c1-4-8-15(3,5-2)16(17,18)11-14-10-12-6-7-13(14)9-12/h12-14H,4-11,17-18H2,1-3H3. The van der Waals surface area contributed by atoms with Crippen LogP contribution in [0.1, 0.15) is 72.1 Å². The van der Waals surface area contributed by atoms with Crippen molar-refractivity contribution in [2.45, 2.75) is 77.4 Å². The molecule has 0 aliphatic heterocycles. The highest BCUT2D eigenvalue weighted by molar-refractivity contribution is 6.40. The fourth-order valence-corrected chi connectivity index (χ4v) is 5.07. The molecule has 2 saturated carbocycles. The second-order valence-electron chi connectivity index (χ2n) is 8.19. The van der Waals surface area contributed by atoms with Crippen molar-refractivity contribution in [2.75, 3.05) is 0 Å². The Labute approximate surface area is 117 Å². The molecule has 0 heterocycles. The van der Waals surface area contributed by atoms with Crippen LogP contribution in [0.25, 0.3) is 0 Å². The monoisotopic (exact) mass is 246 g/mol. The van der Waals surface area contributed by atoms with Crippen molar-refractivity contribution in [1.82, 2.24) is 0 Å². The summed E-state index contributed by atoms with van der Waals surface area (Å²) in [6.07, 6.45) is 11.8. The summed E-state index contributed by atoms with van der Waals surface area (Å²) in [6, 6.07) is 0. The van der Waals surface area contributed by atoms with Crippen molar-refractivity contribution >= 4 is 15.7 Å². The van der Waals surface area contributed by atoms with Gasteiger partial charge in [0.1, 0.15) is 0 Å². The summed E-state index contributed by atoms with van der Waals surface area (Å²) in [5.74, 6) is 3.26. The molecule has 0 radical (unpaired) electrons. The lowest BCUT2D eigenvalue weighted by molar-refractivity contribution is 0.184. The van der Waals surface area contributed by atoms with Gasteiger partial charge in [-0.15, -0.1) is 0 Å². The first-order valence-corrected chi connectivity index (χ1v) is 8.42. The van der Waals surface area contributed by atoms with Crippen LogP contribution in [-0.2, 0) is 0 Å². The van der Waals surface area contributed by atoms with Gasteiger partial charge in [0.15, 0.2) is 0 Å². The van der Waals surface area contributed by atoms with Gasteiger partial charge < -0.3 is 0 Å². The minimum Gasteiger partial charge on any atom is -0.0791 e. The highest BCUT2D eigenvalue weighted by Gasteiger charge is 2.45. The first-order valence-electron chi connectivity index (χ1n) is 8.42. The minimum atomic E-state index is 0.521. The molecule has 0 aromatic rings. The van der Waals surface area contributed by atoms with Gasteiger partial charge in [0, 0.05) is 0 Å². The SMILES string of the molecule is BC(B)(CC1CC2CCC1C2)C(C)(CC)CCC. The van der Waals surface area contributed by atoms with Crippen LogP contribution >= 0.6 is 0 Å². The van der Waals surface area contributed by atoms with Crippen molar-refractivity contribution in [3.63, 3.8) is 0 Å². The second kappa shape index (κ2) is 5.25. The summed E-state index contributed by atoms with van der Waals surface area (Å²) in [5.41, 5.74) is 0.545. The van der Waals surface area contributed by atoms with Crippen LogP contribution < -0.4 is 0 Å². The lowest BCUT2D eigenvalue weighted by Crippen LogP contribution is -2.37. The van der Waals surface area contributed by atoms with Gasteiger partial charge in [-0.1, -0.05) is 51.7 Å². The Morgan fingerprint density at radius 3 is 2.28 bits per heavy atom. The second-order valence-corrected chi connectivity index (χ2v) is 8.19.